The minimum Gasteiger partial charge on any atom is -0.364 e. The highest BCUT2D eigenvalue weighted by Gasteiger charge is 2.18. The molecule has 1 atom stereocenters. The molecule has 1 aliphatic heterocycles. The molecular formula is C12H16Cl2N4S. The molecule has 0 spiro atoms. The van der Waals surface area contributed by atoms with E-state index in [1.54, 1.807) is 11.3 Å². The SMILES string of the molecule is Cl.Clc1ccc(CNc2cc(C3CCCN3)[nH]n2)s1. The molecule has 1 saturated heterocycles. The number of anilines is 1. The van der Waals surface area contributed by atoms with Gasteiger partial charge in [-0.25, -0.2) is 0 Å². The number of aromatic amines is 1. The van der Waals surface area contributed by atoms with E-state index in [0.29, 0.717) is 6.04 Å². The van der Waals surface area contributed by atoms with Crippen LogP contribution in [0.5, 0.6) is 0 Å². The average molecular weight is 319 g/mol. The minimum absolute atomic E-state index is 0. The van der Waals surface area contributed by atoms with Gasteiger partial charge in [0.25, 0.3) is 0 Å². The van der Waals surface area contributed by atoms with E-state index in [2.05, 4.69) is 26.9 Å². The van der Waals surface area contributed by atoms with Gasteiger partial charge in [0, 0.05) is 17.0 Å². The Labute approximate surface area is 127 Å². The van der Waals surface area contributed by atoms with Gasteiger partial charge in [0.05, 0.1) is 16.6 Å². The van der Waals surface area contributed by atoms with Crippen molar-refractivity contribution >= 4 is 41.2 Å². The number of nitrogens with one attached hydrogen (secondary N) is 3. The highest BCUT2D eigenvalue weighted by Crippen LogP contribution is 2.24. The number of halogens is 2. The fourth-order valence-corrected chi connectivity index (χ4v) is 3.21. The summed E-state index contributed by atoms with van der Waals surface area (Å²) in [6, 6.07) is 6.47. The van der Waals surface area contributed by atoms with Crippen LogP contribution in [0.1, 0.15) is 29.5 Å². The monoisotopic (exact) mass is 318 g/mol. The molecule has 0 saturated carbocycles. The summed E-state index contributed by atoms with van der Waals surface area (Å²) in [6.07, 6.45) is 2.42. The van der Waals surface area contributed by atoms with Gasteiger partial charge in [-0.05, 0) is 31.5 Å². The van der Waals surface area contributed by atoms with Crippen LogP contribution in [-0.4, -0.2) is 16.7 Å². The first-order valence-corrected chi connectivity index (χ1v) is 7.27. The van der Waals surface area contributed by atoms with Gasteiger partial charge in [-0.2, -0.15) is 5.10 Å². The molecule has 7 heteroatoms. The lowest BCUT2D eigenvalue weighted by atomic mass is 10.2. The van der Waals surface area contributed by atoms with E-state index in [-0.39, 0.29) is 12.4 Å². The van der Waals surface area contributed by atoms with Crippen molar-refractivity contribution in [2.75, 3.05) is 11.9 Å². The maximum Gasteiger partial charge on any atom is 0.148 e. The van der Waals surface area contributed by atoms with Crippen LogP contribution in [-0.2, 0) is 6.54 Å². The Bertz CT molecular complexity index is 519. The van der Waals surface area contributed by atoms with Gasteiger partial charge in [0.1, 0.15) is 5.82 Å². The maximum atomic E-state index is 5.89. The molecule has 4 nitrogen and oxygen atoms in total. The number of hydrogen-bond donors (Lipinski definition) is 3. The summed E-state index contributed by atoms with van der Waals surface area (Å²) in [4.78, 5) is 1.21. The first kappa shape index (κ1) is 14.7. The summed E-state index contributed by atoms with van der Waals surface area (Å²) in [7, 11) is 0. The lowest BCUT2D eigenvalue weighted by Crippen LogP contribution is -2.12. The minimum atomic E-state index is 0. The molecule has 1 fully saturated rings. The van der Waals surface area contributed by atoms with E-state index < -0.39 is 0 Å². The van der Waals surface area contributed by atoms with Gasteiger partial charge in [-0.1, -0.05) is 11.6 Å². The van der Waals surface area contributed by atoms with Crippen molar-refractivity contribution in [1.82, 2.24) is 15.5 Å². The van der Waals surface area contributed by atoms with Gasteiger partial charge < -0.3 is 10.6 Å². The van der Waals surface area contributed by atoms with E-state index in [1.165, 1.54) is 23.4 Å². The number of nitrogens with zero attached hydrogens (tertiary/aromatic N) is 1. The van der Waals surface area contributed by atoms with Crippen LogP contribution in [0.2, 0.25) is 4.34 Å². The normalized spacial score (nSPS) is 18.3. The molecule has 2 aromatic rings. The molecular weight excluding hydrogens is 303 g/mol. The Hall–Kier alpha value is -0.750. The van der Waals surface area contributed by atoms with Crippen molar-refractivity contribution in [2.45, 2.75) is 25.4 Å². The first-order valence-electron chi connectivity index (χ1n) is 6.08. The Morgan fingerprint density at radius 3 is 3.05 bits per heavy atom. The van der Waals surface area contributed by atoms with Crippen molar-refractivity contribution in [1.29, 1.82) is 0 Å². The number of hydrogen-bond acceptors (Lipinski definition) is 4. The Morgan fingerprint density at radius 2 is 2.37 bits per heavy atom. The fraction of sp³-hybridized carbons (Fsp3) is 0.417. The van der Waals surface area contributed by atoms with Crippen molar-refractivity contribution in [3.8, 4) is 0 Å². The van der Waals surface area contributed by atoms with E-state index in [4.69, 9.17) is 11.6 Å². The maximum absolute atomic E-state index is 5.89. The molecule has 0 amide bonds. The predicted molar refractivity (Wildman–Crippen MR) is 82.5 cm³/mol. The molecule has 104 valence electrons. The van der Waals surface area contributed by atoms with Crippen molar-refractivity contribution in [3.05, 3.63) is 33.1 Å². The summed E-state index contributed by atoms with van der Waals surface area (Å²) >= 11 is 7.48. The van der Waals surface area contributed by atoms with Gasteiger partial charge >= 0.3 is 0 Å². The third-order valence-electron chi connectivity index (χ3n) is 3.11. The van der Waals surface area contributed by atoms with Crippen LogP contribution in [0.15, 0.2) is 18.2 Å². The van der Waals surface area contributed by atoms with Crippen LogP contribution in [0.4, 0.5) is 5.82 Å². The lowest BCUT2D eigenvalue weighted by Gasteiger charge is -2.05. The largest absolute Gasteiger partial charge is 0.364 e. The fourth-order valence-electron chi connectivity index (χ4n) is 2.18. The van der Waals surface area contributed by atoms with Crippen LogP contribution in [0.3, 0.4) is 0 Å². The van der Waals surface area contributed by atoms with Crippen LogP contribution >= 0.6 is 35.3 Å². The number of H-pyrrole nitrogens is 1. The van der Waals surface area contributed by atoms with E-state index in [1.807, 2.05) is 12.1 Å². The third-order valence-corrected chi connectivity index (χ3v) is 4.34. The zero-order valence-corrected chi connectivity index (χ0v) is 12.7. The summed E-state index contributed by atoms with van der Waals surface area (Å²) < 4.78 is 0.824. The van der Waals surface area contributed by atoms with E-state index in [9.17, 15) is 0 Å². The number of rotatable bonds is 4. The van der Waals surface area contributed by atoms with Gasteiger partial charge in [0.15, 0.2) is 0 Å². The smallest absolute Gasteiger partial charge is 0.148 e. The topological polar surface area (TPSA) is 52.7 Å². The second kappa shape index (κ2) is 6.61. The molecule has 0 bridgehead atoms. The molecule has 0 radical (unpaired) electrons. The van der Waals surface area contributed by atoms with Gasteiger partial charge in [-0.3, -0.25) is 5.10 Å². The second-order valence-electron chi connectivity index (χ2n) is 4.42. The predicted octanol–water partition coefficient (Wildman–Crippen LogP) is 3.58. The molecule has 3 rings (SSSR count). The standard InChI is InChI=1S/C12H15ClN4S.ClH/c13-11-4-3-8(18-11)7-15-12-6-10(16-17-12)9-2-1-5-14-9;/h3-4,6,9,14H,1-2,5,7H2,(H2,15,16,17);1H. The van der Waals surface area contributed by atoms with E-state index >= 15 is 0 Å². The Kier molecular flexibility index (Phi) is 5.10. The Balaban J connectivity index is 0.00000133. The zero-order valence-electron chi connectivity index (χ0n) is 10.3. The molecule has 0 aromatic carbocycles. The third kappa shape index (κ3) is 3.63. The van der Waals surface area contributed by atoms with E-state index in [0.717, 1.165) is 23.2 Å². The van der Waals surface area contributed by atoms with Crippen molar-refractivity contribution in [3.63, 3.8) is 0 Å². The molecule has 0 aliphatic carbocycles. The highest BCUT2D eigenvalue weighted by atomic mass is 35.5. The summed E-state index contributed by atoms with van der Waals surface area (Å²) in [5.74, 6) is 0.892. The molecule has 1 aliphatic rings. The quantitative estimate of drug-likeness (QED) is 0.807. The summed E-state index contributed by atoms with van der Waals surface area (Å²) in [6.45, 7) is 1.86. The van der Waals surface area contributed by atoms with Gasteiger partial charge in [0.2, 0.25) is 0 Å². The van der Waals surface area contributed by atoms with Crippen LogP contribution in [0.25, 0.3) is 0 Å². The van der Waals surface area contributed by atoms with Crippen LogP contribution in [0, 0.1) is 0 Å². The molecule has 3 heterocycles. The Morgan fingerprint density at radius 1 is 1.47 bits per heavy atom. The number of thiophene rings is 1. The number of aromatic nitrogens is 2. The first-order chi connectivity index (χ1) is 8.81. The molecule has 1 unspecified atom stereocenters. The average Bonchev–Trinajstić information content (AvgIpc) is 3.07. The van der Waals surface area contributed by atoms with Crippen molar-refractivity contribution in [2.24, 2.45) is 0 Å². The van der Waals surface area contributed by atoms with Crippen molar-refractivity contribution < 1.29 is 0 Å². The second-order valence-corrected chi connectivity index (χ2v) is 6.22. The molecule has 3 N–H and O–H groups in total. The van der Waals surface area contributed by atoms with Gasteiger partial charge in [-0.15, -0.1) is 23.7 Å². The van der Waals surface area contributed by atoms with Crippen LogP contribution < -0.4 is 10.6 Å². The lowest BCUT2D eigenvalue weighted by molar-refractivity contribution is 0.625. The molecule has 2 aromatic heterocycles. The zero-order chi connectivity index (χ0) is 12.4. The molecule has 19 heavy (non-hydrogen) atoms. The summed E-state index contributed by atoms with van der Waals surface area (Å²) in [5.41, 5.74) is 1.17. The summed E-state index contributed by atoms with van der Waals surface area (Å²) in [5, 5.41) is 14.1. The highest BCUT2D eigenvalue weighted by molar-refractivity contribution is 7.16.